The molecule has 0 radical (unpaired) electrons. The van der Waals surface area contributed by atoms with Gasteiger partial charge in [-0.2, -0.15) is 4.68 Å². The van der Waals surface area contributed by atoms with Crippen molar-refractivity contribution in [3.63, 3.8) is 0 Å². The van der Waals surface area contributed by atoms with Gasteiger partial charge in [-0.05, 0) is 52.6 Å². The average molecular weight is 462 g/mol. The second-order valence-corrected chi connectivity index (χ2v) is 8.70. The zero-order chi connectivity index (χ0) is 23.5. The molecule has 1 aromatic carbocycles. The van der Waals surface area contributed by atoms with Crippen molar-refractivity contribution < 1.29 is 14.3 Å². The fourth-order valence-electron chi connectivity index (χ4n) is 4.48. The predicted molar refractivity (Wildman–Crippen MR) is 123 cm³/mol. The summed E-state index contributed by atoms with van der Waals surface area (Å²) in [7, 11) is 0. The Labute approximate surface area is 197 Å². The first-order chi connectivity index (χ1) is 16.6. The van der Waals surface area contributed by atoms with Gasteiger partial charge in [0.25, 0.3) is 0 Å². The molecule has 0 atom stereocenters. The molecule has 176 valence electrons. The molecule has 0 unspecified atom stereocenters. The molecule has 0 N–H and O–H groups in total. The molecule has 1 amide bonds. The van der Waals surface area contributed by atoms with Crippen LogP contribution in [0.25, 0.3) is 5.82 Å². The summed E-state index contributed by atoms with van der Waals surface area (Å²) >= 11 is 0. The van der Waals surface area contributed by atoms with Crippen LogP contribution >= 0.6 is 0 Å². The molecule has 4 heterocycles. The van der Waals surface area contributed by atoms with Crippen molar-refractivity contribution >= 4 is 11.9 Å². The van der Waals surface area contributed by atoms with Crippen LogP contribution < -0.4 is 0 Å². The third-order valence-corrected chi connectivity index (χ3v) is 6.54. The van der Waals surface area contributed by atoms with Crippen molar-refractivity contribution in [1.29, 1.82) is 0 Å². The third kappa shape index (κ3) is 4.81. The van der Waals surface area contributed by atoms with E-state index in [2.05, 4.69) is 31.5 Å². The first-order valence-electron chi connectivity index (χ1n) is 11.6. The number of fused-ring (bicyclic) bond motifs is 1. The maximum absolute atomic E-state index is 12.9. The Morgan fingerprint density at radius 3 is 2.74 bits per heavy atom. The van der Waals surface area contributed by atoms with Crippen LogP contribution in [-0.2, 0) is 28.8 Å². The molecule has 1 saturated heterocycles. The van der Waals surface area contributed by atoms with Crippen LogP contribution in [0.1, 0.15) is 32.7 Å². The highest BCUT2D eigenvalue weighted by Gasteiger charge is 2.22. The van der Waals surface area contributed by atoms with Gasteiger partial charge in [0, 0.05) is 44.8 Å². The summed E-state index contributed by atoms with van der Waals surface area (Å²) in [5.74, 6) is 0.537. The molecule has 5 rings (SSSR count). The minimum Gasteiger partial charge on any atom is -0.462 e. The number of hydrogen-bond acceptors (Lipinski definition) is 8. The minimum absolute atomic E-state index is 0.126. The van der Waals surface area contributed by atoms with E-state index >= 15 is 0 Å². The number of carbonyl (C=O) groups is 2. The van der Waals surface area contributed by atoms with Crippen molar-refractivity contribution in [3.8, 4) is 5.82 Å². The average Bonchev–Trinajstić information content (AvgIpc) is 3.39. The minimum atomic E-state index is -0.219. The van der Waals surface area contributed by atoms with Gasteiger partial charge in [0.1, 0.15) is 6.33 Å². The lowest BCUT2D eigenvalue weighted by atomic mass is 9.98. The van der Waals surface area contributed by atoms with Gasteiger partial charge < -0.3 is 9.64 Å². The zero-order valence-electron chi connectivity index (χ0n) is 19.2. The van der Waals surface area contributed by atoms with Crippen molar-refractivity contribution in [2.45, 2.75) is 26.2 Å². The molecule has 3 aromatic rings. The van der Waals surface area contributed by atoms with E-state index in [1.165, 1.54) is 16.6 Å². The van der Waals surface area contributed by atoms with Crippen LogP contribution in [0.4, 0.5) is 0 Å². The normalized spacial score (nSPS) is 16.3. The number of esters is 1. The number of hydrogen-bond donors (Lipinski definition) is 0. The van der Waals surface area contributed by atoms with Gasteiger partial charge in [0.2, 0.25) is 5.91 Å². The number of ether oxygens (including phenoxy) is 1. The van der Waals surface area contributed by atoms with Crippen molar-refractivity contribution in [3.05, 3.63) is 64.6 Å². The summed E-state index contributed by atoms with van der Waals surface area (Å²) in [4.78, 5) is 33.6. The number of pyridine rings is 1. The molecule has 10 nitrogen and oxygen atoms in total. The molecule has 2 aliphatic rings. The lowest BCUT2D eigenvalue weighted by molar-refractivity contribution is -0.132. The van der Waals surface area contributed by atoms with Gasteiger partial charge in [-0.1, -0.05) is 18.2 Å². The predicted octanol–water partition coefficient (Wildman–Crippen LogP) is 1.01. The van der Waals surface area contributed by atoms with Gasteiger partial charge in [-0.3, -0.25) is 9.69 Å². The number of nitrogens with zero attached hydrogens (tertiary/aromatic N) is 7. The Morgan fingerprint density at radius 1 is 1.12 bits per heavy atom. The number of rotatable bonds is 6. The third-order valence-electron chi connectivity index (χ3n) is 6.54. The largest absolute Gasteiger partial charge is 0.462 e. The zero-order valence-corrected chi connectivity index (χ0v) is 19.2. The quantitative estimate of drug-likeness (QED) is 0.501. The molecule has 34 heavy (non-hydrogen) atoms. The number of tetrazole rings is 1. The smallest absolute Gasteiger partial charge is 0.338 e. The molecule has 0 aliphatic carbocycles. The summed E-state index contributed by atoms with van der Waals surface area (Å²) in [6, 6.07) is 9.79. The Bertz CT molecular complexity index is 1190. The number of cyclic esters (lactones) is 1. The Balaban J connectivity index is 1.11. The van der Waals surface area contributed by atoms with Gasteiger partial charge >= 0.3 is 5.97 Å². The van der Waals surface area contributed by atoms with Crippen LogP contribution in [0.15, 0.2) is 36.7 Å². The van der Waals surface area contributed by atoms with E-state index in [4.69, 9.17) is 4.74 Å². The lowest BCUT2D eigenvalue weighted by Gasteiger charge is -2.35. The van der Waals surface area contributed by atoms with E-state index < -0.39 is 0 Å². The second kappa shape index (κ2) is 9.68. The molecule has 0 spiro atoms. The fourth-order valence-corrected chi connectivity index (χ4v) is 4.48. The molecule has 2 aliphatic heterocycles. The monoisotopic (exact) mass is 461 g/mol. The van der Waals surface area contributed by atoms with Crippen LogP contribution in [0.2, 0.25) is 0 Å². The van der Waals surface area contributed by atoms with Crippen molar-refractivity contribution in [1.82, 2.24) is 35.0 Å². The summed E-state index contributed by atoms with van der Waals surface area (Å²) in [6.07, 6.45) is 3.54. The number of aryl methyl sites for hydroxylation is 1. The highest BCUT2D eigenvalue weighted by molar-refractivity contribution is 5.92. The number of piperazine rings is 1. The van der Waals surface area contributed by atoms with Gasteiger partial charge in [-0.15, -0.1) is 5.10 Å². The maximum Gasteiger partial charge on any atom is 0.338 e. The van der Waals surface area contributed by atoms with E-state index in [1.807, 2.05) is 36.1 Å². The van der Waals surface area contributed by atoms with E-state index in [9.17, 15) is 9.59 Å². The molecule has 0 saturated carbocycles. The number of benzene rings is 1. The molecule has 0 bridgehead atoms. The SMILES string of the molecule is Cc1nc(-n2cnnn2)ccc1CC(=O)N1CCN(CCc2ccc3c(c2)CCOC3=O)CC1. The van der Waals surface area contributed by atoms with Gasteiger partial charge in [0.15, 0.2) is 5.82 Å². The number of amides is 1. The highest BCUT2D eigenvalue weighted by atomic mass is 16.5. The van der Waals surface area contributed by atoms with E-state index in [-0.39, 0.29) is 11.9 Å². The first-order valence-corrected chi connectivity index (χ1v) is 11.6. The lowest BCUT2D eigenvalue weighted by Crippen LogP contribution is -2.49. The van der Waals surface area contributed by atoms with Crippen LogP contribution in [0.3, 0.4) is 0 Å². The molecular formula is C24H27N7O3. The van der Waals surface area contributed by atoms with Crippen LogP contribution in [0.5, 0.6) is 0 Å². The summed E-state index contributed by atoms with van der Waals surface area (Å²) in [5.41, 5.74) is 4.73. The van der Waals surface area contributed by atoms with Crippen molar-refractivity contribution in [2.75, 3.05) is 39.3 Å². The first kappa shape index (κ1) is 22.1. The maximum atomic E-state index is 12.9. The Hall–Kier alpha value is -3.66. The molecule has 1 fully saturated rings. The summed E-state index contributed by atoms with van der Waals surface area (Å²) < 4.78 is 6.60. The Morgan fingerprint density at radius 2 is 1.97 bits per heavy atom. The topological polar surface area (TPSA) is 106 Å². The Kier molecular flexibility index (Phi) is 6.31. The number of carbonyl (C=O) groups excluding carboxylic acids is 2. The van der Waals surface area contributed by atoms with Crippen LogP contribution in [0, 0.1) is 6.92 Å². The fraction of sp³-hybridized carbons (Fsp3) is 0.417. The van der Waals surface area contributed by atoms with Gasteiger partial charge in [-0.25, -0.2) is 9.78 Å². The van der Waals surface area contributed by atoms with Crippen LogP contribution in [-0.4, -0.2) is 86.2 Å². The van der Waals surface area contributed by atoms with Gasteiger partial charge in [0.05, 0.1) is 18.6 Å². The standard InChI is InChI=1S/C24H27N7O3/c1-17-19(3-5-22(26-17)31-16-25-27-28-31)15-23(32)30-11-9-29(10-12-30)8-6-18-2-4-21-20(14-18)7-13-34-24(21)33/h2-5,14,16H,6-13,15H2,1H3. The summed E-state index contributed by atoms with van der Waals surface area (Å²) in [6.45, 7) is 6.47. The summed E-state index contributed by atoms with van der Waals surface area (Å²) in [5, 5.41) is 11.1. The molecular weight excluding hydrogens is 434 g/mol. The molecule has 10 heteroatoms. The second-order valence-electron chi connectivity index (χ2n) is 8.70. The van der Waals surface area contributed by atoms with E-state index in [1.54, 1.807) is 0 Å². The van der Waals surface area contributed by atoms with Crippen molar-refractivity contribution in [2.24, 2.45) is 0 Å². The van der Waals surface area contributed by atoms with E-state index in [0.717, 1.165) is 62.4 Å². The number of aromatic nitrogens is 5. The highest BCUT2D eigenvalue weighted by Crippen LogP contribution is 2.19. The molecule has 2 aromatic heterocycles. The van der Waals surface area contributed by atoms with E-state index in [0.29, 0.717) is 24.4 Å².